The van der Waals surface area contributed by atoms with E-state index in [4.69, 9.17) is 22.1 Å². The normalized spacial score (nSPS) is 12.5. The Balaban J connectivity index is 1.18. The molecule has 0 unspecified atom stereocenters. The van der Waals surface area contributed by atoms with E-state index in [-0.39, 0.29) is 35.6 Å². The third-order valence-corrected chi connectivity index (χ3v) is 11.6. The Morgan fingerprint density at radius 2 is 0.903 bits per heavy atom. The Morgan fingerprint density at radius 1 is 0.371 bits per heavy atom. The molecular weight excluding hydrogens is 757 g/mol. The summed E-state index contributed by atoms with van der Waals surface area (Å²) in [7, 11) is 0. The average molecular weight is 797 g/mol. The highest BCUT2D eigenvalue weighted by atomic mass is 16.3. The molecule has 12 rings (SSSR count). The number of fused-ring (bicyclic) bond motifs is 6. The van der Waals surface area contributed by atoms with Crippen LogP contribution in [0.15, 0.2) is 223 Å². The minimum absolute atomic E-state index is 0.143. The third-order valence-electron chi connectivity index (χ3n) is 11.6. The zero-order valence-corrected chi connectivity index (χ0v) is 33.2. The molecule has 0 radical (unpaired) electrons. The molecule has 0 aliphatic heterocycles. The van der Waals surface area contributed by atoms with Gasteiger partial charge < -0.3 is 4.42 Å². The second-order valence-electron chi connectivity index (χ2n) is 15.3. The molecule has 0 N–H and O–H groups in total. The standard InChI is InChI=1S/C57H36N4O/c1-4-16-37(17-5-1)40-22-14-23-41(32-40)55-58-56(42-30-31-49-48-25-11-13-29-52(48)62-53(49)36-42)60-57(59-55)61-51-28-12-10-24-47(51)50-27-15-26-46(54(50)61)45-34-43(38-18-6-2-7-19-38)33-44(35-45)39-20-8-3-9-21-39/h1-36H/i10D,12D,24D,28D. The van der Waals surface area contributed by atoms with Gasteiger partial charge in [0.1, 0.15) is 11.2 Å². The van der Waals surface area contributed by atoms with E-state index in [1.165, 1.54) is 0 Å². The first-order valence-electron chi connectivity index (χ1n) is 22.5. The van der Waals surface area contributed by atoms with Gasteiger partial charge in [0.15, 0.2) is 11.6 Å². The molecule has 9 aromatic carbocycles. The number of rotatable bonds is 7. The van der Waals surface area contributed by atoms with E-state index in [9.17, 15) is 2.74 Å². The van der Waals surface area contributed by atoms with E-state index < -0.39 is 0 Å². The van der Waals surface area contributed by atoms with Crippen LogP contribution in [0.3, 0.4) is 0 Å². The predicted molar refractivity (Wildman–Crippen MR) is 254 cm³/mol. The number of nitrogens with zero attached hydrogens (tertiary/aromatic N) is 4. The number of hydrogen-bond acceptors (Lipinski definition) is 4. The van der Waals surface area contributed by atoms with E-state index in [0.29, 0.717) is 39.1 Å². The Hall–Kier alpha value is -8.41. The first-order valence-corrected chi connectivity index (χ1v) is 20.5. The summed E-state index contributed by atoms with van der Waals surface area (Å²) in [6.45, 7) is 0. The van der Waals surface area contributed by atoms with Crippen LogP contribution in [0.2, 0.25) is 0 Å². The fraction of sp³-hybridized carbons (Fsp3) is 0. The Morgan fingerprint density at radius 3 is 1.63 bits per heavy atom. The Kier molecular flexibility index (Phi) is 7.47. The van der Waals surface area contributed by atoms with Crippen molar-refractivity contribution in [3.63, 3.8) is 0 Å². The van der Waals surface area contributed by atoms with Crippen molar-refractivity contribution in [1.82, 2.24) is 19.5 Å². The van der Waals surface area contributed by atoms with Crippen LogP contribution in [0, 0.1) is 0 Å². The molecule has 0 spiro atoms. The lowest BCUT2D eigenvalue weighted by molar-refractivity contribution is 0.669. The van der Waals surface area contributed by atoms with E-state index in [2.05, 4.69) is 66.7 Å². The van der Waals surface area contributed by atoms with Crippen LogP contribution in [0.25, 0.3) is 117 Å². The Bertz CT molecular complexity index is 3810. The van der Waals surface area contributed by atoms with Gasteiger partial charge in [-0.3, -0.25) is 4.57 Å². The predicted octanol–water partition coefficient (Wildman–Crippen LogP) is 14.9. The maximum Gasteiger partial charge on any atom is 0.238 e. The highest BCUT2D eigenvalue weighted by molar-refractivity contribution is 6.14. The highest BCUT2D eigenvalue weighted by Crippen LogP contribution is 2.41. The van der Waals surface area contributed by atoms with E-state index in [0.717, 1.165) is 66.4 Å². The highest BCUT2D eigenvalue weighted by Gasteiger charge is 2.22. The lowest BCUT2D eigenvalue weighted by Gasteiger charge is -2.15. The summed E-state index contributed by atoms with van der Waals surface area (Å²) in [5.41, 5.74) is 11.6. The molecule has 0 atom stereocenters. The van der Waals surface area contributed by atoms with E-state index in [1.807, 2.05) is 132 Å². The molecule has 0 aliphatic rings. The molecule has 0 fully saturated rings. The van der Waals surface area contributed by atoms with Crippen molar-refractivity contribution >= 4 is 43.7 Å². The minimum Gasteiger partial charge on any atom is -0.456 e. The second-order valence-corrected chi connectivity index (χ2v) is 15.3. The van der Waals surface area contributed by atoms with Gasteiger partial charge in [-0.25, -0.2) is 4.98 Å². The monoisotopic (exact) mass is 796 g/mol. The first kappa shape index (κ1) is 31.5. The molecule has 0 bridgehead atoms. The molecule has 3 heterocycles. The largest absolute Gasteiger partial charge is 0.456 e. The molecule has 0 amide bonds. The van der Waals surface area contributed by atoms with Gasteiger partial charge in [-0.15, -0.1) is 0 Å². The molecule has 62 heavy (non-hydrogen) atoms. The van der Waals surface area contributed by atoms with Crippen LogP contribution in [0.1, 0.15) is 5.48 Å². The summed E-state index contributed by atoms with van der Waals surface area (Å²) in [4.78, 5) is 15.7. The van der Waals surface area contributed by atoms with Crippen molar-refractivity contribution in [1.29, 1.82) is 0 Å². The Labute approximate surface area is 363 Å². The fourth-order valence-corrected chi connectivity index (χ4v) is 8.63. The molecule has 12 aromatic rings. The maximum absolute atomic E-state index is 9.52. The molecular formula is C57H36N4O. The minimum atomic E-state index is -0.351. The summed E-state index contributed by atoms with van der Waals surface area (Å²) in [6, 6.07) is 64.0. The number of aromatic nitrogens is 4. The molecule has 0 aliphatic carbocycles. The van der Waals surface area contributed by atoms with Crippen LogP contribution in [-0.2, 0) is 0 Å². The van der Waals surface area contributed by atoms with Gasteiger partial charge in [0.25, 0.3) is 0 Å². The smallest absolute Gasteiger partial charge is 0.238 e. The fourth-order valence-electron chi connectivity index (χ4n) is 8.63. The first-order chi connectivity index (χ1) is 32.4. The van der Waals surface area contributed by atoms with Gasteiger partial charge >= 0.3 is 0 Å². The molecule has 290 valence electrons. The molecule has 3 aromatic heterocycles. The number of furan rings is 1. The van der Waals surface area contributed by atoms with Gasteiger partial charge in [0, 0.05) is 38.2 Å². The van der Waals surface area contributed by atoms with Crippen molar-refractivity contribution in [2.24, 2.45) is 0 Å². The maximum atomic E-state index is 9.52. The molecule has 0 saturated heterocycles. The van der Waals surface area contributed by atoms with Crippen LogP contribution >= 0.6 is 0 Å². The summed E-state index contributed by atoms with van der Waals surface area (Å²) < 4.78 is 44.9. The summed E-state index contributed by atoms with van der Waals surface area (Å²) in [6.07, 6.45) is 0. The quantitative estimate of drug-likeness (QED) is 0.161. The summed E-state index contributed by atoms with van der Waals surface area (Å²) in [5, 5.41) is 2.99. The number of para-hydroxylation sites is 3. The zero-order chi connectivity index (χ0) is 44.5. The van der Waals surface area contributed by atoms with Crippen molar-refractivity contribution in [3.05, 3.63) is 218 Å². The van der Waals surface area contributed by atoms with Crippen molar-refractivity contribution < 1.29 is 9.90 Å². The second kappa shape index (κ2) is 14.7. The lowest BCUT2D eigenvalue weighted by atomic mass is 9.92. The average Bonchev–Trinajstić information content (AvgIpc) is 3.94. The van der Waals surface area contributed by atoms with Gasteiger partial charge in [0.05, 0.1) is 16.5 Å². The lowest BCUT2D eigenvalue weighted by Crippen LogP contribution is -2.07. The van der Waals surface area contributed by atoms with Crippen molar-refractivity contribution in [2.45, 2.75) is 0 Å². The van der Waals surface area contributed by atoms with Gasteiger partial charge in [-0.05, 0) is 87.5 Å². The third kappa shape index (κ3) is 6.14. The van der Waals surface area contributed by atoms with Gasteiger partial charge in [-0.1, -0.05) is 170 Å². The number of hydrogen-bond donors (Lipinski definition) is 0. The van der Waals surface area contributed by atoms with Gasteiger partial charge in [-0.2, -0.15) is 9.97 Å². The van der Waals surface area contributed by atoms with Crippen molar-refractivity contribution in [3.8, 4) is 73.2 Å². The van der Waals surface area contributed by atoms with E-state index >= 15 is 0 Å². The SMILES string of the molecule is [2H]c1c([2H])c([2H])c2c(c1[2H])c1cccc(-c3cc(-c4ccccc4)cc(-c4ccccc4)c3)c1n2-c1nc(-c2cccc(-c3ccccc3)c2)nc(-c2ccc3c(c2)oc2ccccc23)n1. The van der Waals surface area contributed by atoms with E-state index in [1.54, 1.807) is 0 Å². The molecule has 5 nitrogen and oxygen atoms in total. The van der Waals surface area contributed by atoms with Crippen molar-refractivity contribution in [2.75, 3.05) is 0 Å². The molecule has 5 heteroatoms. The molecule has 0 saturated carbocycles. The topological polar surface area (TPSA) is 56.7 Å². The number of benzene rings is 9. The van der Waals surface area contributed by atoms with Crippen LogP contribution in [0.4, 0.5) is 0 Å². The van der Waals surface area contributed by atoms with Crippen LogP contribution in [-0.4, -0.2) is 19.5 Å². The van der Waals surface area contributed by atoms with Crippen LogP contribution in [0.5, 0.6) is 0 Å². The zero-order valence-electron chi connectivity index (χ0n) is 37.2. The summed E-state index contributed by atoms with van der Waals surface area (Å²) in [5.74, 6) is 0.960. The van der Waals surface area contributed by atoms with Crippen LogP contribution < -0.4 is 0 Å². The summed E-state index contributed by atoms with van der Waals surface area (Å²) >= 11 is 0. The van der Waals surface area contributed by atoms with Gasteiger partial charge in [0.2, 0.25) is 5.95 Å².